The first-order valence-corrected chi connectivity index (χ1v) is 4.48. The first kappa shape index (κ1) is 9.32. The molecule has 1 saturated heterocycles. The zero-order chi connectivity index (χ0) is 9.14. The fraction of sp³-hybridized carbons (Fsp3) is 0.875. The van der Waals surface area contributed by atoms with E-state index in [-0.39, 0.29) is 0 Å². The molecule has 0 bridgehead atoms. The first-order chi connectivity index (χ1) is 5.61. The summed E-state index contributed by atoms with van der Waals surface area (Å²) in [6.07, 6.45) is 0. The molecular weight excluding hydrogens is 152 g/mol. The van der Waals surface area contributed by atoms with Gasteiger partial charge >= 0.3 is 5.96 Å². The molecule has 4 N–H and O–H groups in total. The van der Waals surface area contributed by atoms with Gasteiger partial charge in [-0.05, 0) is 13.8 Å². The lowest BCUT2D eigenvalue weighted by Gasteiger charge is -2.31. The van der Waals surface area contributed by atoms with Gasteiger partial charge in [-0.2, -0.15) is 0 Å². The molecule has 1 aliphatic heterocycles. The summed E-state index contributed by atoms with van der Waals surface area (Å²) in [5.74, 6) is 0.457. The molecule has 0 aromatic carbocycles. The van der Waals surface area contributed by atoms with Crippen molar-refractivity contribution < 1.29 is 4.58 Å². The number of guanidine groups is 1. The molecule has 4 heteroatoms. The summed E-state index contributed by atoms with van der Waals surface area (Å²) >= 11 is 0. The van der Waals surface area contributed by atoms with Gasteiger partial charge in [0.25, 0.3) is 0 Å². The van der Waals surface area contributed by atoms with E-state index in [2.05, 4.69) is 18.7 Å². The van der Waals surface area contributed by atoms with E-state index in [1.165, 1.54) is 0 Å². The Balaban J connectivity index is 2.45. The summed E-state index contributed by atoms with van der Waals surface area (Å²) in [5.41, 5.74) is 11.0. The van der Waals surface area contributed by atoms with Crippen LogP contribution in [0.15, 0.2) is 0 Å². The SMILES string of the molecule is CC(C)N1CC[N+](=C(N)N)CC1. The lowest BCUT2D eigenvalue weighted by Crippen LogP contribution is -2.49. The van der Waals surface area contributed by atoms with Crippen LogP contribution < -0.4 is 11.5 Å². The van der Waals surface area contributed by atoms with E-state index in [0.717, 1.165) is 26.2 Å². The fourth-order valence-electron chi connectivity index (χ4n) is 1.50. The molecule has 0 saturated carbocycles. The van der Waals surface area contributed by atoms with Crippen LogP contribution >= 0.6 is 0 Å². The van der Waals surface area contributed by atoms with Gasteiger partial charge in [-0.1, -0.05) is 0 Å². The van der Waals surface area contributed by atoms with E-state index in [9.17, 15) is 0 Å². The van der Waals surface area contributed by atoms with Crippen molar-refractivity contribution in [2.75, 3.05) is 26.2 Å². The van der Waals surface area contributed by atoms with Crippen LogP contribution in [0.25, 0.3) is 0 Å². The number of hydrogen-bond acceptors (Lipinski definition) is 1. The number of hydrogen-bond donors (Lipinski definition) is 2. The lowest BCUT2D eigenvalue weighted by molar-refractivity contribution is -0.542. The minimum Gasteiger partial charge on any atom is -0.295 e. The van der Waals surface area contributed by atoms with Crippen molar-refractivity contribution in [3.63, 3.8) is 0 Å². The highest BCUT2D eigenvalue weighted by molar-refractivity contribution is 5.70. The minimum atomic E-state index is 0.457. The van der Waals surface area contributed by atoms with Crippen LogP contribution in [0, 0.1) is 0 Å². The van der Waals surface area contributed by atoms with E-state index in [0.29, 0.717) is 12.0 Å². The molecule has 1 rings (SSSR count). The van der Waals surface area contributed by atoms with E-state index < -0.39 is 0 Å². The van der Waals surface area contributed by atoms with Gasteiger partial charge in [0.15, 0.2) is 0 Å². The topological polar surface area (TPSA) is 58.3 Å². The van der Waals surface area contributed by atoms with Crippen molar-refractivity contribution in [1.82, 2.24) is 4.90 Å². The molecular formula is C8H19N4+. The minimum absolute atomic E-state index is 0.457. The first-order valence-electron chi connectivity index (χ1n) is 4.48. The standard InChI is InChI=1S/C8H18N4/c1-7(2)11-3-5-12(6-4-11)8(9)10/h7H,3-6H2,1-2H3,(H3,9,10)/p+1. The third-order valence-corrected chi connectivity index (χ3v) is 2.41. The average molecular weight is 171 g/mol. The molecule has 0 atom stereocenters. The monoisotopic (exact) mass is 171 g/mol. The number of piperazine rings is 1. The van der Waals surface area contributed by atoms with Crippen LogP contribution in [0.1, 0.15) is 13.8 Å². The van der Waals surface area contributed by atoms with Gasteiger partial charge in [0.1, 0.15) is 0 Å². The maximum Gasteiger partial charge on any atom is 0.341 e. The van der Waals surface area contributed by atoms with Crippen molar-refractivity contribution >= 4 is 5.96 Å². The Labute approximate surface area is 73.8 Å². The predicted molar refractivity (Wildman–Crippen MR) is 50.1 cm³/mol. The molecule has 1 fully saturated rings. The zero-order valence-corrected chi connectivity index (χ0v) is 7.95. The average Bonchev–Trinajstić information content (AvgIpc) is 2.04. The Morgan fingerprint density at radius 2 is 1.75 bits per heavy atom. The van der Waals surface area contributed by atoms with Crippen LogP contribution in [0.3, 0.4) is 0 Å². The second kappa shape index (κ2) is 3.76. The summed E-state index contributed by atoms with van der Waals surface area (Å²) in [6.45, 7) is 8.47. The third kappa shape index (κ3) is 2.11. The van der Waals surface area contributed by atoms with E-state index in [1.807, 2.05) is 4.58 Å². The molecule has 1 heterocycles. The van der Waals surface area contributed by atoms with Gasteiger partial charge in [0, 0.05) is 19.1 Å². The molecule has 12 heavy (non-hydrogen) atoms. The van der Waals surface area contributed by atoms with Crippen molar-refractivity contribution in [1.29, 1.82) is 0 Å². The molecule has 0 aliphatic carbocycles. The molecule has 0 radical (unpaired) electrons. The van der Waals surface area contributed by atoms with Gasteiger partial charge in [0.05, 0.1) is 13.1 Å². The van der Waals surface area contributed by atoms with Crippen molar-refractivity contribution in [2.24, 2.45) is 11.5 Å². The van der Waals surface area contributed by atoms with Crippen LogP contribution in [0.4, 0.5) is 0 Å². The van der Waals surface area contributed by atoms with Crippen LogP contribution in [-0.4, -0.2) is 47.7 Å². The smallest absolute Gasteiger partial charge is 0.295 e. The summed E-state index contributed by atoms with van der Waals surface area (Å²) in [7, 11) is 0. The summed E-state index contributed by atoms with van der Waals surface area (Å²) in [4.78, 5) is 2.43. The Morgan fingerprint density at radius 1 is 1.25 bits per heavy atom. The Bertz CT molecular complexity index is 171. The molecule has 0 aromatic heterocycles. The molecule has 0 amide bonds. The summed E-state index contributed by atoms with van der Waals surface area (Å²) in [5, 5.41) is 0. The number of rotatable bonds is 1. The molecule has 4 nitrogen and oxygen atoms in total. The molecule has 0 unspecified atom stereocenters. The van der Waals surface area contributed by atoms with Gasteiger partial charge < -0.3 is 0 Å². The van der Waals surface area contributed by atoms with Gasteiger partial charge in [-0.3, -0.25) is 20.9 Å². The number of nitrogens with zero attached hydrogens (tertiary/aromatic N) is 2. The quantitative estimate of drug-likeness (QED) is 0.393. The second-order valence-corrected chi connectivity index (χ2v) is 3.54. The van der Waals surface area contributed by atoms with Gasteiger partial charge in [-0.25, -0.2) is 0 Å². The molecule has 1 aliphatic rings. The highest BCUT2D eigenvalue weighted by Crippen LogP contribution is 2.01. The van der Waals surface area contributed by atoms with E-state index in [1.54, 1.807) is 0 Å². The molecule has 70 valence electrons. The van der Waals surface area contributed by atoms with E-state index in [4.69, 9.17) is 11.5 Å². The normalized spacial score (nSPS) is 20.1. The summed E-state index contributed by atoms with van der Waals surface area (Å²) in [6, 6.07) is 0.631. The van der Waals surface area contributed by atoms with Crippen LogP contribution in [0.2, 0.25) is 0 Å². The third-order valence-electron chi connectivity index (χ3n) is 2.41. The maximum absolute atomic E-state index is 5.49. The Hall–Kier alpha value is -0.770. The Kier molecular flexibility index (Phi) is 2.92. The largest absolute Gasteiger partial charge is 0.341 e. The van der Waals surface area contributed by atoms with Crippen LogP contribution in [0.5, 0.6) is 0 Å². The number of nitrogens with two attached hydrogens (primary N) is 2. The summed E-state index contributed by atoms with van der Waals surface area (Å²) < 4.78 is 2.03. The van der Waals surface area contributed by atoms with Crippen molar-refractivity contribution in [3.05, 3.63) is 0 Å². The lowest BCUT2D eigenvalue weighted by atomic mass is 10.2. The van der Waals surface area contributed by atoms with Crippen molar-refractivity contribution in [2.45, 2.75) is 19.9 Å². The van der Waals surface area contributed by atoms with Crippen LogP contribution in [-0.2, 0) is 0 Å². The maximum atomic E-state index is 5.49. The second-order valence-electron chi connectivity index (χ2n) is 3.54. The van der Waals surface area contributed by atoms with Gasteiger partial charge in [0.2, 0.25) is 0 Å². The molecule has 0 aromatic rings. The molecule has 0 spiro atoms. The highest BCUT2D eigenvalue weighted by Gasteiger charge is 2.18. The Morgan fingerprint density at radius 3 is 2.08 bits per heavy atom. The fourth-order valence-corrected chi connectivity index (χ4v) is 1.50. The van der Waals surface area contributed by atoms with Gasteiger partial charge in [-0.15, -0.1) is 0 Å². The van der Waals surface area contributed by atoms with E-state index >= 15 is 0 Å². The van der Waals surface area contributed by atoms with Crippen molar-refractivity contribution in [3.8, 4) is 0 Å². The zero-order valence-electron chi connectivity index (χ0n) is 7.95. The highest BCUT2D eigenvalue weighted by atomic mass is 15.3. The predicted octanol–water partition coefficient (Wildman–Crippen LogP) is -1.00.